The fourth-order valence-corrected chi connectivity index (χ4v) is 11.9. The maximum atomic E-state index is 13.7. The second-order valence-corrected chi connectivity index (χ2v) is 19.8. The van der Waals surface area contributed by atoms with Gasteiger partial charge in [-0.15, -0.1) is 0 Å². The number of hydrogen-bond donors (Lipinski definition) is 1. The number of piperazine rings is 1. The van der Waals surface area contributed by atoms with Gasteiger partial charge in [-0.25, -0.2) is 13.1 Å². The van der Waals surface area contributed by atoms with Crippen molar-refractivity contribution in [2.24, 2.45) is 17.8 Å². The van der Waals surface area contributed by atoms with Gasteiger partial charge in [0, 0.05) is 81.6 Å². The number of aryl methyl sites for hydroxylation is 1. The quantitative estimate of drug-likeness (QED) is 0.338. The summed E-state index contributed by atoms with van der Waals surface area (Å²) in [4.78, 5) is 21.3. The van der Waals surface area contributed by atoms with E-state index in [0.717, 1.165) is 75.5 Å². The molecule has 2 aromatic rings. The summed E-state index contributed by atoms with van der Waals surface area (Å²) in [6.07, 6.45) is 10.0. The van der Waals surface area contributed by atoms with E-state index in [1.165, 1.54) is 11.1 Å². The molecule has 3 aliphatic heterocycles. The maximum Gasteiger partial charge on any atom is 0.264 e. The van der Waals surface area contributed by atoms with Crippen LogP contribution in [0.1, 0.15) is 81.3 Å². The fourth-order valence-electron chi connectivity index (χ4n) is 10.4. The highest BCUT2D eigenvalue weighted by atomic mass is 35.5. The van der Waals surface area contributed by atoms with Crippen molar-refractivity contribution in [1.29, 1.82) is 0 Å². The lowest BCUT2D eigenvalue weighted by molar-refractivity contribution is -0.103. The number of nitrogens with zero attached hydrogens (tertiary/aromatic N) is 3. The number of methoxy groups -OCH3 is 2. The van der Waals surface area contributed by atoms with Gasteiger partial charge in [0.15, 0.2) is 0 Å². The molecular formula is C43H61ClN4O6S. The molecule has 12 heteroatoms. The van der Waals surface area contributed by atoms with Crippen LogP contribution in [0.4, 0.5) is 5.69 Å². The zero-order valence-corrected chi connectivity index (χ0v) is 35.1. The number of carbonyl (C=O) groups excluding carboxylic acids is 1. The standard InChI is InChI=1S/C43H61ClN4O6S/c1-29-9-7-18-43(53-6,27-46-23-30(2)48(19-20-52-5)31(3)24-46)38-14-11-35(38)25-47-26-42(17-8-10-33-21-36(44)13-15-37(33)42)28-54-40-16-12-34(22-39(40)47)41(49)45-55(50,51)32(29)4/h7,12-13,15-16,18,21-22,29-32,35,38H,8-11,14,17,19-20,23-28H2,1-6H3,(H,45,49)/b18-7+/t29-,30-,31+,32+,35-,38+,42-,43+/m0/s1. The molecule has 0 unspecified atom stereocenters. The van der Waals surface area contributed by atoms with Crippen molar-refractivity contribution in [1.82, 2.24) is 14.5 Å². The zero-order valence-electron chi connectivity index (χ0n) is 33.6. The van der Waals surface area contributed by atoms with Gasteiger partial charge in [-0.1, -0.05) is 36.7 Å². The van der Waals surface area contributed by atoms with Crippen LogP contribution in [0.25, 0.3) is 0 Å². The van der Waals surface area contributed by atoms with E-state index >= 15 is 0 Å². The fraction of sp³-hybridized carbons (Fsp3) is 0.651. The van der Waals surface area contributed by atoms with Crippen LogP contribution in [0.2, 0.25) is 5.02 Å². The first-order valence-corrected chi connectivity index (χ1v) is 22.3. The third-order valence-electron chi connectivity index (χ3n) is 13.8. The van der Waals surface area contributed by atoms with Gasteiger partial charge in [0.05, 0.1) is 24.2 Å². The number of rotatable bonds is 6. The summed E-state index contributed by atoms with van der Waals surface area (Å²) in [6, 6.07) is 12.4. The van der Waals surface area contributed by atoms with Crippen molar-refractivity contribution < 1.29 is 27.4 Å². The topological polar surface area (TPSA) is 101 Å². The Hall–Kier alpha value is -2.67. The molecule has 1 saturated carbocycles. The Bertz CT molecular complexity index is 1850. The van der Waals surface area contributed by atoms with Crippen LogP contribution in [0.5, 0.6) is 5.75 Å². The summed E-state index contributed by atoms with van der Waals surface area (Å²) in [6.45, 7) is 14.5. The summed E-state index contributed by atoms with van der Waals surface area (Å²) in [7, 11) is -0.352. The van der Waals surface area contributed by atoms with E-state index in [0.29, 0.717) is 55.5 Å². The molecule has 0 aromatic heterocycles. The van der Waals surface area contributed by atoms with Crippen LogP contribution < -0.4 is 14.4 Å². The summed E-state index contributed by atoms with van der Waals surface area (Å²) in [5, 5.41) is -0.0425. The first kappa shape index (κ1) is 40.5. The number of amides is 1. The number of hydrogen-bond acceptors (Lipinski definition) is 9. The van der Waals surface area contributed by atoms with E-state index in [1.54, 1.807) is 20.1 Å². The number of nitrogens with one attached hydrogen (secondary N) is 1. The summed E-state index contributed by atoms with van der Waals surface area (Å²) in [5.74, 6) is 0.421. The molecule has 8 atom stereocenters. The second-order valence-electron chi connectivity index (χ2n) is 17.3. The Kier molecular flexibility index (Phi) is 12.0. The molecule has 1 amide bonds. The van der Waals surface area contributed by atoms with Crippen molar-refractivity contribution >= 4 is 33.2 Å². The minimum Gasteiger partial charge on any atom is -0.490 e. The lowest BCUT2D eigenvalue weighted by Crippen LogP contribution is -2.62. The molecule has 0 radical (unpaired) electrons. The summed E-state index contributed by atoms with van der Waals surface area (Å²) in [5.41, 5.74) is 2.84. The number of ether oxygens (including phenoxy) is 3. The van der Waals surface area contributed by atoms with Gasteiger partial charge in [-0.3, -0.25) is 14.6 Å². The van der Waals surface area contributed by atoms with Crippen LogP contribution in [0, 0.1) is 17.8 Å². The molecule has 7 rings (SSSR count). The number of halogens is 1. The Morgan fingerprint density at radius 2 is 1.80 bits per heavy atom. The van der Waals surface area contributed by atoms with Crippen LogP contribution in [-0.4, -0.2) is 114 Å². The van der Waals surface area contributed by atoms with Crippen LogP contribution in [0.3, 0.4) is 0 Å². The highest BCUT2D eigenvalue weighted by Crippen LogP contribution is 2.49. The van der Waals surface area contributed by atoms with Gasteiger partial charge in [0.1, 0.15) is 11.4 Å². The molecule has 1 N–H and O–H groups in total. The number of carbonyl (C=O) groups is 1. The number of anilines is 1. The maximum absolute atomic E-state index is 13.7. The van der Waals surface area contributed by atoms with Gasteiger partial charge < -0.3 is 19.1 Å². The third kappa shape index (κ3) is 8.08. The van der Waals surface area contributed by atoms with Crippen LogP contribution in [-0.2, 0) is 31.3 Å². The highest BCUT2D eigenvalue weighted by Gasteiger charge is 2.50. The molecular weight excluding hydrogens is 736 g/mol. The molecule has 1 saturated heterocycles. The molecule has 3 heterocycles. The summed E-state index contributed by atoms with van der Waals surface area (Å²) >= 11 is 6.52. The molecule has 2 bridgehead atoms. The second kappa shape index (κ2) is 16.3. The first-order valence-electron chi connectivity index (χ1n) is 20.3. The molecule has 1 spiro atoms. The minimum absolute atomic E-state index is 0.231. The number of benzene rings is 2. The van der Waals surface area contributed by atoms with E-state index in [-0.39, 0.29) is 17.3 Å². The van der Waals surface area contributed by atoms with Crippen molar-refractivity contribution in [2.75, 3.05) is 71.6 Å². The molecule has 2 aliphatic carbocycles. The van der Waals surface area contributed by atoms with Crippen molar-refractivity contribution in [3.05, 3.63) is 70.3 Å². The Morgan fingerprint density at radius 3 is 2.51 bits per heavy atom. The molecule has 10 nitrogen and oxygen atoms in total. The molecule has 55 heavy (non-hydrogen) atoms. The van der Waals surface area contributed by atoms with Crippen LogP contribution in [0.15, 0.2) is 48.6 Å². The van der Waals surface area contributed by atoms with Crippen molar-refractivity contribution in [3.63, 3.8) is 0 Å². The first-order chi connectivity index (χ1) is 26.3. The highest BCUT2D eigenvalue weighted by molar-refractivity contribution is 7.90. The third-order valence-corrected chi connectivity index (χ3v) is 16.0. The predicted molar refractivity (Wildman–Crippen MR) is 219 cm³/mol. The smallest absolute Gasteiger partial charge is 0.264 e. The zero-order chi connectivity index (χ0) is 39.1. The average Bonchev–Trinajstić information content (AvgIpc) is 3.28. The van der Waals surface area contributed by atoms with Crippen LogP contribution >= 0.6 is 11.6 Å². The normalized spacial score (nSPS) is 34.7. The van der Waals surface area contributed by atoms with E-state index in [1.807, 2.05) is 32.2 Å². The van der Waals surface area contributed by atoms with E-state index in [4.69, 9.17) is 25.8 Å². The largest absolute Gasteiger partial charge is 0.490 e. The van der Waals surface area contributed by atoms with Gasteiger partial charge in [0.25, 0.3) is 5.91 Å². The Balaban J connectivity index is 1.28. The van der Waals surface area contributed by atoms with Gasteiger partial charge in [0.2, 0.25) is 10.0 Å². The van der Waals surface area contributed by atoms with Gasteiger partial charge in [-0.05, 0) is 119 Å². The van der Waals surface area contributed by atoms with E-state index in [9.17, 15) is 13.2 Å². The average molecular weight is 798 g/mol. The SMILES string of the molecule is COCCN1[C@H](C)CN(C[C@]2(OC)/C=C/C[C@H](C)[C@@H](C)S(=O)(=O)NC(=O)c3ccc4c(c3)N(C[C@@H]3CC[C@H]32)C[C@@]2(CCCc3cc(Cl)ccc32)CO4)C[C@@H]1C. The van der Waals surface area contributed by atoms with Crippen molar-refractivity contribution in [3.8, 4) is 5.75 Å². The van der Waals surface area contributed by atoms with E-state index < -0.39 is 26.8 Å². The minimum atomic E-state index is -3.97. The Morgan fingerprint density at radius 1 is 1.02 bits per heavy atom. The Labute approximate surface area is 333 Å². The molecule has 5 aliphatic rings. The van der Waals surface area contributed by atoms with Gasteiger partial charge in [-0.2, -0.15) is 0 Å². The lowest BCUT2D eigenvalue weighted by atomic mass is 9.63. The number of sulfonamides is 1. The summed E-state index contributed by atoms with van der Waals surface area (Å²) < 4.78 is 48.7. The number of fused-ring (bicyclic) bond motifs is 4. The van der Waals surface area contributed by atoms with E-state index in [2.05, 4.69) is 57.6 Å². The lowest BCUT2D eigenvalue weighted by Gasteiger charge is -2.53. The van der Waals surface area contributed by atoms with Gasteiger partial charge >= 0.3 is 0 Å². The van der Waals surface area contributed by atoms with Crippen molar-refractivity contribution in [2.45, 2.75) is 94.6 Å². The predicted octanol–water partition coefficient (Wildman–Crippen LogP) is 6.31. The molecule has 2 aromatic carbocycles. The molecule has 2 fully saturated rings. The number of allylic oxidation sites excluding steroid dienone is 1. The molecule has 302 valence electrons. The monoisotopic (exact) mass is 796 g/mol.